The number of pyridine rings is 1. The van der Waals surface area contributed by atoms with E-state index in [1.54, 1.807) is 30.3 Å². The van der Waals surface area contributed by atoms with Gasteiger partial charge in [-0.05, 0) is 42.8 Å². The van der Waals surface area contributed by atoms with Crippen molar-refractivity contribution in [1.82, 2.24) is 4.98 Å². The average Bonchev–Trinajstić information content (AvgIpc) is 2.34. The van der Waals surface area contributed by atoms with Gasteiger partial charge in [-0.2, -0.15) is 0 Å². The summed E-state index contributed by atoms with van der Waals surface area (Å²) in [6.07, 6.45) is 1.41. The number of halogens is 1. The molecule has 0 fully saturated rings. The van der Waals surface area contributed by atoms with Crippen LogP contribution in [0.2, 0.25) is 5.02 Å². The van der Waals surface area contributed by atoms with Gasteiger partial charge in [-0.15, -0.1) is 0 Å². The van der Waals surface area contributed by atoms with Gasteiger partial charge in [0.25, 0.3) is 0 Å². The lowest BCUT2D eigenvalue weighted by Crippen LogP contribution is -2.02. The van der Waals surface area contributed by atoms with E-state index in [0.717, 1.165) is 5.56 Å². The number of hydrogen-bond acceptors (Lipinski definition) is 3. The monoisotopic (exact) mass is 263 g/mol. The summed E-state index contributed by atoms with van der Waals surface area (Å²) in [5.74, 6) is -0.407. The number of nitrogens with zero attached hydrogens (tertiary/aromatic N) is 1. The average molecular weight is 264 g/mol. The molecule has 0 unspecified atom stereocenters. The molecule has 0 saturated heterocycles. The molecule has 92 valence electrons. The number of ether oxygens (including phenoxy) is 1. The molecule has 1 aromatic heterocycles. The third-order valence-electron chi connectivity index (χ3n) is 2.33. The highest BCUT2D eigenvalue weighted by molar-refractivity contribution is 6.31. The van der Waals surface area contributed by atoms with E-state index >= 15 is 0 Å². The van der Waals surface area contributed by atoms with Crippen molar-refractivity contribution in [1.29, 1.82) is 0 Å². The fourth-order valence-electron chi connectivity index (χ4n) is 1.44. The van der Waals surface area contributed by atoms with Crippen molar-refractivity contribution in [2.24, 2.45) is 0 Å². The first-order chi connectivity index (χ1) is 8.58. The van der Waals surface area contributed by atoms with Crippen LogP contribution in [0.5, 0.6) is 11.5 Å². The summed E-state index contributed by atoms with van der Waals surface area (Å²) in [6, 6.07) is 8.28. The van der Waals surface area contributed by atoms with Gasteiger partial charge in [-0.25, -0.2) is 9.78 Å². The van der Waals surface area contributed by atoms with Gasteiger partial charge < -0.3 is 9.84 Å². The van der Waals surface area contributed by atoms with Crippen LogP contribution in [-0.4, -0.2) is 16.1 Å². The molecule has 1 N–H and O–H groups in total. The number of aromatic nitrogens is 1. The van der Waals surface area contributed by atoms with E-state index in [9.17, 15) is 4.79 Å². The molecule has 0 aliphatic carbocycles. The van der Waals surface area contributed by atoms with Gasteiger partial charge in [0, 0.05) is 11.2 Å². The zero-order chi connectivity index (χ0) is 13.1. The maximum Gasteiger partial charge on any atom is 0.358 e. The first kappa shape index (κ1) is 12.4. The summed E-state index contributed by atoms with van der Waals surface area (Å²) in [6.45, 7) is 1.84. The molecule has 1 heterocycles. The number of benzene rings is 1. The molecular weight excluding hydrogens is 254 g/mol. The second kappa shape index (κ2) is 5.06. The maximum absolute atomic E-state index is 11.0. The van der Waals surface area contributed by atoms with E-state index in [1.165, 1.54) is 6.20 Å². The van der Waals surface area contributed by atoms with Crippen molar-refractivity contribution in [3.63, 3.8) is 0 Å². The largest absolute Gasteiger partial charge is 0.476 e. The molecule has 0 saturated carbocycles. The van der Waals surface area contributed by atoms with Gasteiger partial charge in [-0.1, -0.05) is 11.6 Å². The normalized spacial score (nSPS) is 10.1. The smallest absolute Gasteiger partial charge is 0.358 e. The van der Waals surface area contributed by atoms with Gasteiger partial charge in [0.2, 0.25) is 0 Å². The number of carbonyl (C=O) groups is 1. The lowest BCUT2D eigenvalue weighted by molar-refractivity contribution is 0.0687. The number of aryl methyl sites for hydroxylation is 1. The SMILES string of the molecule is Cc1cc(Oc2cccnc2C(=O)O)ccc1Cl. The van der Waals surface area contributed by atoms with E-state index in [0.29, 0.717) is 10.8 Å². The predicted octanol–water partition coefficient (Wildman–Crippen LogP) is 3.53. The summed E-state index contributed by atoms with van der Waals surface area (Å²) < 4.78 is 5.50. The van der Waals surface area contributed by atoms with E-state index in [-0.39, 0.29) is 11.4 Å². The predicted molar refractivity (Wildman–Crippen MR) is 67.5 cm³/mol. The van der Waals surface area contributed by atoms with Crippen molar-refractivity contribution in [3.05, 3.63) is 52.8 Å². The Morgan fingerprint density at radius 3 is 2.83 bits per heavy atom. The molecule has 1 aromatic carbocycles. The van der Waals surface area contributed by atoms with Crippen molar-refractivity contribution in [2.45, 2.75) is 6.92 Å². The molecule has 4 nitrogen and oxygen atoms in total. The molecule has 0 bridgehead atoms. The minimum absolute atomic E-state index is 0.120. The van der Waals surface area contributed by atoms with Crippen molar-refractivity contribution >= 4 is 17.6 Å². The van der Waals surface area contributed by atoms with Crippen LogP contribution in [0.4, 0.5) is 0 Å². The van der Waals surface area contributed by atoms with Gasteiger partial charge in [0.15, 0.2) is 11.4 Å². The number of rotatable bonds is 3. The van der Waals surface area contributed by atoms with E-state index in [4.69, 9.17) is 21.4 Å². The van der Waals surface area contributed by atoms with Crippen LogP contribution in [0.3, 0.4) is 0 Å². The molecule has 2 rings (SSSR count). The Hall–Kier alpha value is -2.07. The Morgan fingerprint density at radius 1 is 1.39 bits per heavy atom. The zero-order valence-corrected chi connectivity index (χ0v) is 10.3. The molecule has 0 aliphatic rings. The first-order valence-electron chi connectivity index (χ1n) is 5.20. The van der Waals surface area contributed by atoms with Crippen molar-refractivity contribution in [3.8, 4) is 11.5 Å². The van der Waals surface area contributed by atoms with E-state index in [1.807, 2.05) is 6.92 Å². The number of carboxylic acid groups (broad SMARTS) is 1. The Balaban J connectivity index is 2.34. The molecule has 18 heavy (non-hydrogen) atoms. The fraction of sp³-hybridized carbons (Fsp3) is 0.0769. The van der Waals surface area contributed by atoms with Gasteiger partial charge in [0.05, 0.1) is 0 Å². The summed E-state index contributed by atoms with van der Waals surface area (Å²) in [7, 11) is 0. The maximum atomic E-state index is 11.0. The molecule has 5 heteroatoms. The summed E-state index contributed by atoms with van der Waals surface area (Å²) in [5.41, 5.74) is 0.736. The molecule has 0 atom stereocenters. The van der Waals surface area contributed by atoms with E-state index < -0.39 is 5.97 Å². The fourth-order valence-corrected chi connectivity index (χ4v) is 1.56. The third-order valence-corrected chi connectivity index (χ3v) is 2.75. The van der Waals surface area contributed by atoms with Crippen LogP contribution >= 0.6 is 11.6 Å². The van der Waals surface area contributed by atoms with Crippen LogP contribution < -0.4 is 4.74 Å². The second-order valence-corrected chi connectivity index (χ2v) is 4.08. The number of hydrogen-bond donors (Lipinski definition) is 1. The number of carboxylic acids is 1. The molecule has 2 aromatic rings. The molecular formula is C13H10ClNO3. The standard InChI is InChI=1S/C13H10ClNO3/c1-8-7-9(4-5-10(8)14)18-11-3-2-6-15-12(11)13(16)17/h2-7H,1H3,(H,16,17). The molecule has 0 radical (unpaired) electrons. The molecule has 0 spiro atoms. The van der Waals surface area contributed by atoms with Gasteiger partial charge >= 0.3 is 5.97 Å². The molecule has 0 amide bonds. The van der Waals surface area contributed by atoms with Gasteiger partial charge in [-0.3, -0.25) is 0 Å². The Morgan fingerprint density at radius 2 is 2.17 bits per heavy atom. The van der Waals surface area contributed by atoms with Crippen LogP contribution in [0.1, 0.15) is 16.1 Å². The number of aromatic carboxylic acids is 1. The van der Waals surface area contributed by atoms with Crippen LogP contribution in [0, 0.1) is 6.92 Å². The highest BCUT2D eigenvalue weighted by Crippen LogP contribution is 2.27. The van der Waals surface area contributed by atoms with Crippen LogP contribution in [-0.2, 0) is 0 Å². The van der Waals surface area contributed by atoms with Crippen LogP contribution in [0.15, 0.2) is 36.5 Å². The minimum Gasteiger partial charge on any atom is -0.476 e. The zero-order valence-electron chi connectivity index (χ0n) is 9.55. The third kappa shape index (κ3) is 2.60. The van der Waals surface area contributed by atoms with Crippen molar-refractivity contribution in [2.75, 3.05) is 0 Å². The first-order valence-corrected chi connectivity index (χ1v) is 5.58. The molecule has 0 aliphatic heterocycles. The highest BCUT2D eigenvalue weighted by atomic mass is 35.5. The lowest BCUT2D eigenvalue weighted by Gasteiger charge is -2.08. The topological polar surface area (TPSA) is 59.4 Å². The summed E-state index contributed by atoms with van der Waals surface area (Å²) >= 11 is 5.90. The van der Waals surface area contributed by atoms with E-state index in [2.05, 4.69) is 4.98 Å². The minimum atomic E-state index is -1.13. The van der Waals surface area contributed by atoms with Gasteiger partial charge in [0.1, 0.15) is 5.75 Å². The summed E-state index contributed by atoms with van der Waals surface area (Å²) in [5, 5.41) is 9.61. The Bertz CT molecular complexity index is 599. The Kier molecular flexibility index (Phi) is 3.48. The summed E-state index contributed by atoms with van der Waals surface area (Å²) in [4.78, 5) is 14.7. The lowest BCUT2D eigenvalue weighted by atomic mass is 10.2. The quantitative estimate of drug-likeness (QED) is 0.920. The Labute approximate surface area is 109 Å². The second-order valence-electron chi connectivity index (χ2n) is 3.67. The highest BCUT2D eigenvalue weighted by Gasteiger charge is 2.13. The van der Waals surface area contributed by atoms with Crippen molar-refractivity contribution < 1.29 is 14.6 Å². The van der Waals surface area contributed by atoms with Crippen LogP contribution in [0.25, 0.3) is 0 Å².